The van der Waals surface area contributed by atoms with Crippen molar-refractivity contribution in [3.63, 3.8) is 0 Å². The molecule has 1 unspecified atom stereocenters. The first-order valence-electron chi connectivity index (χ1n) is 48.1. The predicted molar refractivity (Wildman–Crippen MR) is 523 cm³/mol. The number of nitrogens with zero attached hydrogens (tertiary/aromatic N) is 10. The summed E-state index contributed by atoms with van der Waals surface area (Å²) in [5.41, 5.74) is 14.0. The molecule has 0 aliphatic carbocycles. The topological polar surface area (TPSA) is 310 Å². The van der Waals surface area contributed by atoms with E-state index in [1.54, 1.807) is 6.07 Å². The van der Waals surface area contributed by atoms with Crippen LogP contribution in [-0.4, -0.2) is 166 Å². The van der Waals surface area contributed by atoms with Crippen molar-refractivity contribution in [2.24, 2.45) is 17.8 Å². The Morgan fingerprint density at radius 3 is 1.03 bits per heavy atom. The normalized spacial score (nSPS) is 17.7. The molecular weight excluding hydrogens is 1700 g/mol. The largest absolute Gasteiger partial charge is 0.456 e. The predicted octanol–water partition coefficient (Wildman–Crippen LogP) is 19.3. The Bertz CT molecular complexity index is 7400. The van der Waals surface area contributed by atoms with Crippen LogP contribution >= 0.6 is 0 Å². The second kappa shape index (κ2) is 37.5. The Kier molecular flexibility index (Phi) is 24.1. The lowest BCUT2D eigenvalue weighted by Gasteiger charge is -2.37. The summed E-state index contributed by atoms with van der Waals surface area (Å²) in [6.07, 6.45) is 17.2. The van der Waals surface area contributed by atoms with E-state index in [0.717, 1.165) is 214 Å². The van der Waals surface area contributed by atoms with Gasteiger partial charge in [0.25, 0.3) is 27.8 Å². The summed E-state index contributed by atoms with van der Waals surface area (Å²) in [5, 5.41) is 41.9. The van der Waals surface area contributed by atoms with Gasteiger partial charge in [0, 0.05) is 99.6 Å². The standard InChI is InChI=1S/2C23H25N3O2.C22H21N3O4.C21H21N3O2.C19H17N3O2/c27-23-17-8-6-9-20-21(17)22(24-25-23)18-15-16(10-11-19(18)28-20)7-2-5-14-26-12-3-1-4-13-26;1-2-4-15-9-11-26(12-10-15)14-16-7-8-19-18(13-16)22-21-17(23(27)25-24-22)5-3-6-20(21)28-19;26-21-15-2-1-3-18-19(15)20(23-24-21)16-12-14(4-5-17(16)29-18)13-25-8-6-22(7-9-25)27-10-11-28-22;1-13-4-3-9-24(11-13)12-14-7-8-17-16(10-14)20-19-15(21(25)23-22-20)5-2-6-18(19)26-17;1-11-8-22(9-11)10-12-5-6-15-14(7-12)18-17-13(19(23)21-20-18)3-2-4-16(17)24-15/h6,8-11,15H,1-5,7,12-14H2,(H,25,27);3,5-8,13,15H,2,4,9-12,14H2,1H3,(H,25,27);1-5,12H,6-11,13H2,(H,24,26);2,5-8,10,13H,3-4,9,11-12H2,1H3,(H,23,25);2-7,11H,8-10H2,1H3,(H,21,23). The molecule has 688 valence electrons. The Hall–Kier alpha value is -13.4. The first-order chi connectivity index (χ1) is 66.1. The van der Waals surface area contributed by atoms with Crippen LogP contribution in [0.1, 0.15) is 132 Å². The van der Waals surface area contributed by atoms with Crippen molar-refractivity contribution in [2.75, 3.05) is 85.2 Å². The minimum atomic E-state index is -0.352. The van der Waals surface area contributed by atoms with Gasteiger partial charge in [-0.15, -0.1) is 0 Å². The number of piperidine rings is 4. The summed E-state index contributed by atoms with van der Waals surface area (Å²) >= 11 is 0. The molecule has 11 aliphatic heterocycles. The van der Waals surface area contributed by atoms with Crippen LogP contribution in [0.3, 0.4) is 0 Å². The monoisotopic (exact) mass is 1810 g/mol. The van der Waals surface area contributed by atoms with Crippen molar-refractivity contribution < 1.29 is 33.2 Å². The van der Waals surface area contributed by atoms with Gasteiger partial charge in [0.05, 0.1) is 67.1 Å². The van der Waals surface area contributed by atoms with Crippen LogP contribution in [-0.2, 0) is 42.1 Å². The molecule has 5 N–H and O–H groups in total. The van der Waals surface area contributed by atoms with Gasteiger partial charge in [-0.1, -0.05) is 101 Å². The van der Waals surface area contributed by atoms with Gasteiger partial charge in [-0.2, -0.15) is 25.5 Å². The fraction of sp³-hybridized carbons (Fsp3) is 0.352. The summed E-state index contributed by atoms with van der Waals surface area (Å²) in [6, 6.07) is 59.2. The maximum Gasteiger partial charge on any atom is 0.272 e. The highest BCUT2D eigenvalue weighted by Crippen LogP contribution is 2.51. The number of unbranched alkanes of at least 4 members (excludes halogenated alkanes) is 1. The maximum atomic E-state index is 12.2. The second-order valence-electron chi connectivity index (χ2n) is 38.1. The molecule has 27 nitrogen and oxygen atoms in total. The first-order valence-corrected chi connectivity index (χ1v) is 48.1. The van der Waals surface area contributed by atoms with Crippen molar-refractivity contribution in [1.29, 1.82) is 0 Å². The molecule has 5 aromatic heterocycles. The van der Waals surface area contributed by atoms with Gasteiger partial charge in [-0.25, -0.2) is 25.5 Å². The van der Waals surface area contributed by atoms with Crippen LogP contribution in [0.25, 0.3) is 110 Å². The fourth-order valence-corrected chi connectivity index (χ4v) is 21.7. The molecule has 6 saturated heterocycles. The number of nitrogens with one attached hydrogen (secondary N) is 5. The molecule has 26 rings (SSSR count). The van der Waals surface area contributed by atoms with Crippen LogP contribution in [0.15, 0.2) is 206 Å². The van der Waals surface area contributed by atoms with E-state index in [-0.39, 0.29) is 33.6 Å². The van der Waals surface area contributed by atoms with Gasteiger partial charge >= 0.3 is 0 Å². The molecule has 15 aromatic rings. The number of rotatable bonds is 15. The zero-order valence-corrected chi connectivity index (χ0v) is 76.3. The minimum absolute atomic E-state index is 0.179. The molecular formula is C108H109N15O12. The average molecular weight is 1810 g/mol. The first kappa shape index (κ1) is 87.0. The van der Waals surface area contributed by atoms with E-state index in [0.29, 0.717) is 68.9 Å². The highest BCUT2D eigenvalue weighted by atomic mass is 16.7. The Morgan fingerprint density at radius 2 is 0.667 bits per heavy atom. The van der Waals surface area contributed by atoms with Crippen molar-refractivity contribution in [1.82, 2.24) is 75.5 Å². The smallest absolute Gasteiger partial charge is 0.272 e. The van der Waals surface area contributed by atoms with Gasteiger partial charge in [0.2, 0.25) is 0 Å². The third-order valence-electron chi connectivity index (χ3n) is 28.5. The van der Waals surface area contributed by atoms with Crippen LogP contribution in [0, 0.1) is 17.8 Å². The van der Waals surface area contributed by atoms with Crippen LogP contribution < -0.4 is 51.5 Å². The number of likely N-dealkylation sites (tertiary alicyclic amines) is 5. The third kappa shape index (κ3) is 17.7. The maximum absolute atomic E-state index is 12.2. The molecule has 0 bridgehead atoms. The van der Waals surface area contributed by atoms with E-state index < -0.39 is 0 Å². The van der Waals surface area contributed by atoms with Crippen LogP contribution in [0.2, 0.25) is 0 Å². The van der Waals surface area contributed by atoms with E-state index in [1.807, 2.05) is 115 Å². The zero-order valence-electron chi connectivity index (χ0n) is 76.3. The molecule has 0 saturated carbocycles. The number of fused-ring (bicyclic) bond motifs is 10. The molecule has 0 radical (unpaired) electrons. The number of hydrogen-bond acceptors (Lipinski definition) is 22. The number of H-pyrrole nitrogens is 5. The van der Waals surface area contributed by atoms with Gasteiger partial charge < -0.3 is 38.1 Å². The van der Waals surface area contributed by atoms with Crippen molar-refractivity contribution >= 4 is 53.9 Å². The highest BCUT2D eigenvalue weighted by molar-refractivity contribution is 6.06. The Labute approximate surface area is 779 Å². The lowest BCUT2D eigenvalue weighted by molar-refractivity contribution is -0.185. The molecule has 27 heteroatoms. The van der Waals surface area contributed by atoms with Gasteiger partial charge in [-0.3, -0.25) is 43.6 Å². The summed E-state index contributed by atoms with van der Waals surface area (Å²) in [6.45, 7) is 24.5. The van der Waals surface area contributed by atoms with Gasteiger partial charge in [0.15, 0.2) is 5.79 Å². The number of ether oxygens (including phenoxy) is 7. The van der Waals surface area contributed by atoms with E-state index in [4.69, 9.17) is 33.2 Å². The van der Waals surface area contributed by atoms with Crippen LogP contribution in [0.5, 0.6) is 57.5 Å². The molecule has 1 atom stereocenters. The van der Waals surface area contributed by atoms with Crippen LogP contribution in [0.4, 0.5) is 0 Å². The molecule has 1 spiro atoms. The van der Waals surface area contributed by atoms with E-state index in [1.165, 1.54) is 131 Å². The quantitative estimate of drug-likeness (QED) is 0.0596. The Balaban J connectivity index is 0.0000000981. The lowest BCUT2D eigenvalue weighted by atomic mass is 9.92. The third-order valence-corrected chi connectivity index (χ3v) is 28.5. The number of aromatic amines is 5. The number of aromatic nitrogens is 10. The lowest BCUT2D eigenvalue weighted by Crippen LogP contribution is -2.44. The number of aryl methyl sites for hydroxylation is 1. The second-order valence-corrected chi connectivity index (χ2v) is 38.1. The molecule has 11 aliphatic rings. The number of hydrogen-bond donors (Lipinski definition) is 5. The number of benzene rings is 10. The molecule has 0 amide bonds. The Morgan fingerprint density at radius 1 is 0.333 bits per heavy atom. The highest BCUT2D eigenvalue weighted by Gasteiger charge is 2.40. The van der Waals surface area contributed by atoms with Gasteiger partial charge in [-0.05, 0) is 264 Å². The molecule has 16 heterocycles. The summed E-state index contributed by atoms with van der Waals surface area (Å²) in [4.78, 5) is 73.1. The molecule has 6 fully saturated rings. The summed E-state index contributed by atoms with van der Waals surface area (Å²) in [5.74, 6) is 9.50. The molecule has 135 heavy (non-hydrogen) atoms. The van der Waals surface area contributed by atoms with E-state index in [9.17, 15) is 24.0 Å². The van der Waals surface area contributed by atoms with Gasteiger partial charge in [0.1, 0.15) is 86.0 Å². The minimum Gasteiger partial charge on any atom is -0.456 e. The van der Waals surface area contributed by atoms with Crippen molar-refractivity contribution in [3.8, 4) is 114 Å². The summed E-state index contributed by atoms with van der Waals surface area (Å²) < 4.78 is 42.0. The molecule has 10 aromatic carbocycles. The fourth-order valence-electron chi connectivity index (χ4n) is 21.7. The average Bonchev–Trinajstić information content (AvgIpc) is 1.20. The summed E-state index contributed by atoms with van der Waals surface area (Å²) in [7, 11) is 0. The SMILES string of the molecule is CC1CCCN(Cc2ccc3c(c2)-c2n[nH]c(=O)c4cccc(c24)O3)C1.CC1CN(Cc2ccc3c(c2)-c2n[nH]c(=O)c4cccc(c24)O3)C1.CCCC1CCN(Cc2ccc3c(c2)-c2n[nH]c(=O)c4cccc(c24)O3)CC1.O=c1[nH]nc2c3c(cccc13)Oc1ccc(CCCCN3CCCCC3)cc1-2.O=c1[nH]nc2c3c(cccc13)Oc1ccc(CN3CCC4(CC3)OCCO4)cc1-2. The van der Waals surface area contributed by atoms with Crippen molar-refractivity contribution in [2.45, 2.75) is 143 Å². The van der Waals surface area contributed by atoms with E-state index >= 15 is 0 Å². The van der Waals surface area contributed by atoms with E-state index in [2.05, 4.69) is 157 Å². The zero-order chi connectivity index (χ0) is 91.4. The van der Waals surface area contributed by atoms with Crippen molar-refractivity contribution in [3.05, 3.63) is 262 Å².